The molecule has 16 heavy (non-hydrogen) atoms. The fraction of sp³-hybridized carbons (Fsp3) is 0.917. The molecule has 0 unspecified atom stereocenters. The second kappa shape index (κ2) is 4.19. The van der Waals surface area contributed by atoms with Crippen molar-refractivity contribution in [2.24, 2.45) is 23.2 Å². The maximum absolute atomic E-state index is 11.8. The standard InChI is InChI=1S/C12H20ClNO2/c1-4-16-11(15)8-5-7-6-9(10(8)14-13)12(7,2)3/h7-10,14H,4-6H2,1-3H3/t7-,8-,9-,10-/m0/s1. The zero-order valence-electron chi connectivity index (χ0n) is 10.1. The highest BCUT2D eigenvalue weighted by Crippen LogP contribution is 2.60. The summed E-state index contributed by atoms with van der Waals surface area (Å²) in [4.78, 5) is 14.6. The zero-order chi connectivity index (χ0) is 11.9. The number of halogens is 1. The number of hydrogen-bond acceptors (Lipinski definition) is 3. The first kappa shape index (κ1) is 12.2. The molecule has 3 rings (SSSR count). The van der Waals surface area contributed by atoms with E-state index < -0.39 is 0 Å². The quantitative estimate of drug-likeness (QED) is 0.613. The highest BCUT2D eigenvalue weighted by molar-refractivity contribution is 6.13. The maximum Gasteiger partial charge on any atom is 0.310 e. The molecule has 3 nitrogen and oxygen atoms in total. The van der Waals surface area contributed by atoms with Crippen LogP contribution in [0.3, 0.4) is 0 Å². The average molecular weight is 246 g/mol. The first-order valence-electron chi connectivity index (χ1n) is 6.05. The number of carbonyl (C=O) groups excluding carboxylic acids is 1. The van der Waals surface area contributed by atoms with Crippen molar-refractivity contribution in [1.29, 1.82) is 0 Å². The molecule has 0 heterocycles. The van der Waals surface area contributed by atoms with Crippen LogP contribution in [0.1, 0.15) is 33.6 Å². The van der Waals surface area contributed by atoms with Gasteiger partial charge in [0, 0.05) is 6.04 Å². The first-order chi connectivity index (χ1) is 7.52. The highest BCUT2D eigenvalue weighted by Gasteiger charge is 2.59. The second-order valence-electron chi connectivity index (χ2n) is 5.59. The Morgan fingerprint density at radius 3 is 2.69 bits per heavy atom. The Hall–Kier alpha value is -0.280. The Bertz CT molecular complexity index is 293. The fourth-order valence-electron chi connectivity index (χ4n) is 3.44. The second-order valence-corrected chi connectivity index (χ2v) is 5.81. The maximum atomic E-state index is 11.8. The highest BCUT2D eigenvalue weighted by atomic mass is 35.5. The number of hydrogen-bond donors (Lipinski definition) is 1. The van der Waals surface area contributed by atoms with Crippen LogP contribution < -0.4 is 4.84 Å². The van der Waals surface area contributed by atoms with Crippen molar-refractivity contribution in [3.8, 4) is 0 Å². The van der Waals surface area contributed by atoms with Gasteiger partial charge < -0.3 is 4.74 Å². The predicted molar refractivity (Wildman–Crippen MR) is 62.9 cm³/mol. The zero-order valence-corrected chi connectivity index (χ0v) is 10.9. The van der Waals surface area contributed by atoms with Crippen LogP contribution in [0.25, 0.3) is 0 Å². The van der Waals surface area contributed by atoms with Crippen LogP contribution in [-0.2, 0) is 9.53 Å². The van der Waals surface area contributed by atoms with Crippen LogP contribution in [-0.4, -0.2) is 18.6 Å². The Kier molecular flexibility index (Phi) is 3.19. The minimum Gasteiger partial charge on any atom is -0.466 e. The normalized spacial score (nSPS) is 40.0. The number of rotatable bonds is 3. The topological polar surface area (TPSA) is 38.3 Å². The number of esters is 1. The predicted octanol–water partition coefficient (Wildman–Crippen LogP) is 2.34. The van der Waals surface area contributed by atoms with Gasteiger partial charge >= 0.3 is 5.97 Å². The molecule has 0 spiro atoms. The molecular formula is C12H20ClNO2. The minimum atomic E-state index is -0.0918. The lowest BCUT2D eigenvalue weighted by Crippen LogP contribution is -2.62. The SMILES string of the molecule is CCOC(=O)[C@H]1C[C@H]2C[C@@H]([C@H]1NCl)C2(C)C. The molecule has 4 heteroatoms. The van der Waals surface area contributed by atoms with Gasteiger partial charge in [0.1, 0.15) is 0 Å². The van der Waals surface area contributed by atoms with Crippen LogP contribution in [0.15, 0.2) is 0 Å². The van der Waals surface area contributed by atoms with Crippen molar-refractivity contribution >= 4 is 17.7 Å². The Morgan fingerprint density at radius 1 is 1.50 bits per heavy atom. The molecule has 3 fully saturated rings. The van der Waals surface area contributed by atoms with Crippen LogP contribution >= 0.6 is 11.8 Å². The van der Waals surface area contributed by atoms with Gasteiger partial charge in [-0.15, -0.1) is 0 Å². The van der Waals surface area contributed by atoms with E-state index in [9.17, 15) is 4.79 Å². The Labute approximate surface area is 102 Å². The van der Waals surface area contributed by atoms with E-state index >= 15 is 0 Å². The van der Waals surface area contributed by atoms with E-state index in [1.54, 1.807) is 0 Å². The average Bonchev–Trinajstić information content (AvgIpc) is 2.28. The molecule has 1 N–H and O–H groups in total. The lowest BCUT2D eigenvalue weighted by atomic mass is 9.45. The van der Waals surface area contributed by atoms with E-state index in [2.05, 4.69) is 18.7 Å². The molecule has 0 aromatic heterocycles. The summed E-state index contributed by atoms with van der Waals surface area (Å²) in [6.45, 7) is 6.83. The van der Waals surface area contributed by atoms with Gasteiger partial charge in [0.15, 0.2) is 0 Å². The number of nitrogens with one attached hydrogen (secondary N) is 1. The van der Waals surface area contributed by atoms with Crippen molar-refractivity contribution in [2.45, 2.75) is 39.7 Å². The van der Waals surface area contributed by atoms with Gasteiger partial charge in [0.2, 0.25) is 0 Å². The molecular weight excluding hydrogens is 226 g/mol. The van der Waals surface area contributed by atoms with Gasteiger partial charge in [0.05, 0.1) is 12.5 Å². The molecule has 92 valence electrons. The Morgan fingerprint density at radius 2 is 2.19 bits per heavy atom. The summed E-state index contributed by atoms with van der Waals surface area (Å²) in [6, 6.07) is 0.0701. The molecule has 3 aliphatic carbocycles. The van der Waals surface area contributed by atoms with E-state index in [1.165, 1.54) is 6.42 Å². The molecule has 0 aromatic rings. The van der Waals surface area contributed by atoms with E-state index in [0.29, 0.717) is 23.9 Å². The van der Waals surface area contributed by atoms with E-state index in [1.807, 2.05) is 6.92 Å². The molecule has 2 bridgehead atoms. The molecule has 0 radical (unpaired) electrons. The van der Waals surface area contributed by atoms with Gasteiger partial charge in [-0.25, -0.2) is 4.84 Å². The van der Waals surface area contributed by atoms with Gasteiger partial charge in [-0.05, 0) is 48.8 Å². The summed E-state index contributed by atoms with van der Waals surface area (Å²) in [5.74, 6) is 0.992. The van der Waals surface area contributed by atoms with Gasteiger partial charge in [-0.3, -0.25) is 4.79 Å². The molecule has 4 atom stereocenters. The number of carbonyl (C=O) groups is 1. The van der Waals surface area contributed by atoms with Crippen molar-refractivity contribution in [3.63, 3.8) is 0 Å². The fourth-order valence-corrected chi connectivity index (χ4v) is 3.75. The third-order valence-corrected chi connectivity index (χ3v) is 4.92. The van der Waals surface area contributed by atoms with Gasteiger partial charge in [-0.2, -0.15) is 0 Å². The third kappa shape index (κ3) is 1.65. The third-order valence-electron chi connectivity index (χ3n) is 4.67. The van der Waals surface area contributed by atoms with Crippen molar-refractivity contribution in [1.82, 2.24) is 4.84 Å². The summed E-state index contributed by atoms with van der Waals surface area (Å²) in [6.07, 6.45) is 2.10. The van der Waals surface area contributed by atoms with Crippen molar-refractivity contribution < 1.29 is 9.53 Å². The van der Waals surface area contributed by atoms with E-state index in [4.69, 9.17) is 16.5 Å². The molecule has 3 aliphatic rings. The molecule has 0 aliphatic heterocycles. The van der Waals surface area contributed by atoms with Crippen LogP contribution in [0.4, 0.5) is 0 Å². The van der Waals surface area contributed by atoms with E-state index in [0.717, 1.165) is 6.42 Å². The van der Waals surface area contributed by atoms with Crippen LogP contribution in [0.5, 0.6) is 0 Å². The number of fused-ring (bicyclic) bond motifs is 2. The summed E-state index contributed by atoms with van der Waals surface area (Å²) < 4.78 is 5.11. The minimum absolute atomic E-state index is 0.0609. The van der Waals surface area contributed by atoms with Crippen LogP contribution in [0.2, 0.25) is 0 Å². The molecule has 0 aromatic carbocycles. The van der Waals surface area contributed by atoms with Crippen molar-refractivity contribution in [3.05, 3.63) is 0 Å². The van der Waals surface area contributed by atoms with Gasteiger partial charge in [-0.1, -0.05) is 13.8 Å². The lowest BCUT2D eigenvalue weighted by molar-refractivity contribution is -0.165. The molecule has 0 saturated heterocycles. The molecule has 0 amide bonds. The number of ether oxygens (including phenoxy) is 1. The largest absolute Gasteiger partial charge is 0.466 e. The molecule has 3 saturated carbocycles. The Balaban J connectivity index is 2.10. The monoisotopic (exact) mass is 245 g/mol. The summed E-state index contributed by atoms with van der Waals surface area (Å²) >= 11 is 5.81. The lowest BCUT2D eigenvalue weighted by Gasteiger charge is -2.61. The van der Waals surface area contributed by atoms with Crippen LogP contribution in [0, 0.1) is 23.2 Å². The summed E-state index contributed by atoms with van der Waals surface area (Å²) in [5, 5.41) is 0. The summed E-state index contributed by atoms with van der Waals surface area (Å²) in [7, 11) is 0. The van der Waals surface area contributed by atoms with Crippen molar-refractivity contribution in [2.75, 3.05) is 6.61 Å². The smallest absolute Gasteiger partial charge is 0.310 e. The van der Waals surface area contributed by atoms with E-state index in [-0.39, 0.29) is 17.9 Å². The van der Waals surface area contributed by atoms with Gasteiger partial charge in [0.25, 0.3) is 0 Å². The summed E-state index contributed by atoms with van der Waals surface area (Å²) in [5.41, 5.74) is 0.315. The first-order valence-corrected chi connectivity index (χ1v) is 6.43.